The summed E-state index contributed by atoms with van der Waals surface area (Å²) in [5.74, 6) is -0.519. The van der Waals surface area contributed by atoms with Crippen LogP contribution in [0.15, 0.2) is 24.3 Å². The SMILES string of the molecule is CC(Cl)C(=O)N1C(=O)CCc2ccccc21. The van der Waals surface area contributed by atoms with Gasteiger partial charge >= 0.3 is 0 Å². The van der Waals surface area contributed by atoms with Crippen molar-refractivity contribution in [3.8, 4) is 0 Å². The number of para-hydroxylation sites is 1. The van der Waals surface area contributed by atoms with Gasteiger partial charge in [0, 0.05) is 6.42 Å². The number of fused-ring (bicyclic) bond motifs is 1. The molecule has 0 aromatic heterocycles. The highest BCUT2D eigenvalue weighted by molar-refractivity contribution is 6.35. The molecule has 1 heterocycles. The van der Waals surface area contributed by atoms with E-state index in [1.165, 1.54) is 4.90 Å². The number of hydrogen-bond acceptors (Lipinski definition) is 2. The smallest absolute Gasteiger partial charge is 0.251 e. The zero-order chi connectivity index (χ0) is 11.7. The van der Waals surface area contributed by atoms with Gasteiger partial charge in [-0.1, -0.05) is 18.2 Å². The molecule has 2 amide bonds. The van der Waals surface area contributed by atoms with Crippen LogP contribution in [0.5, 0.6) is 0 Å². The van der Waals surface area contributed by atoms with E-state index in [9.17, 15) is 9.59 Å². The van der Waals surface area contributed by atoms with Gasteiger partial charge in [-0.25, -0.2) is 4.90 Å². The van der Waals surface area contributed by atoms with Crippen LogP contribution >= 0.6 is 11.6 Å². The molecule has 1 atom stereocenters. The van der Waals surface area contributed by atoms with E-state index in [1.54, 1.807) is 13.0 Å². The molecule has 4 heteroatoms. The Morgan fingerprint density at radius 3 is 2.75 bits per heavy atom. The maximum absolute atomic E-state index is 11.8. The average molecular weight is 238 g/mol. The predicted octanol–water partition coefficient (Wildman–Crippen LogP) is 2.12. The van der Waals surface area contributed by atoms with Gasteiger partial charge in [0.15, 0.2) is 0 Å². The van der Waals surface area contributed by atoms with Gasteiger partial charge in [-0.15, -0.1) is 11.6 Å². The highest BCUT2D eigenvalue weighted by Crippen LogP contribution is 2.28. The predicted molar refractivity (Wildman–Crippen MR) is 62.6 cm³/mol. The zero-order valence-corrected chi connectivity index (χ0v) is 9.70. The van der Waals surface area contributed by atoms with Crippen LogP contribution in [0.4, 0.5) is 5.69 Å². The van der Waals surface area contributed by atoms with Gasteiger partial charge in [0.1, 0.15) is 5.38 Å². The Kier molecular flexibility index (Phi) is 2.97. The number of rotatable bonds is 1. The van der Waals surface area contributed by atoms with Crippen LogP contribution in [0.2, 0.25) is 0 Å². The number of amides is 2. The van der Waals surface area contributed by atoms with E-state index in [0.717, 1.165) is 5.56 Å². The maximum Gasteiger partial charge on any atom is 0.251 e. The van der Waals surface area contributed by atoms with Crippen molar-refractivity contribution >= 4 is 29.1 Å². The van der Waals surface area contributed by atoms with E-state index in [1.807, 2.05) is 18.2 Å². The van der Waals surface area contributed by atoms with E-state index in [2.05, 4.69) is 0 Å². The molecule has 1 aliphatic heterocycles. The molecule has 0 saturated carbocycles. The highest BCUT2D eigenvalue weighted by Gasteiger charge is 2.31. The lowest BCUT2D eigenvalue weighted by Gasteiger charge is -2.28. The van der Waals surface area contributed by atoms with Crippen molar-refractivity contribution in [1.82, 2.24) is 0 Å². The van der Waals surface area contributed by atoms with Crippen LogP contribution in [-0.2, 0) is 16.0 Å². The Hall–Kier alpha value is -1.35. The van der Waals surface area contributed by atoms with E-state index in [0.29, 0.717) is 18.5 Å². The maximum atomic E-state index is 11.8. The second-order valence-electron chi connectivity index (χ2n) is 3.81. The lowest BCUT2D eigenvalue weighted by molar-refractivity contribution is -0.126. The van der Waals surface area contributed by atoms with Crippen molar-refractivity contribution in [2.45, 2.75) is 25.1 Å². The van der Waals surface area contributed by atoms with Crippen molar-refractivity contribution in [3.05, 3.63) is 29.8 Å². The van der Waals surface area contributed by atoms with Crippen LogP contribution in [0.25, 0.3) is 0 Å². The van der Waals surface area contributed by atoms with Crippen molar-refractivity contribution in [1.29, 1.82) is 0 Å². The molecule has 0 bridgehead atoms. The lowest BCUT2D eigenvalue weighted by Crippen LogP contribution is -2.43. The molecule has 1 aromatic rings. The summed E-state index contributed by atoms with van der Waals surface area (Å²) in [5.41, 5.74) is 1.70. The fourth-order valence-electron chi connectivity index (χ4n) is 1.85. The van der Waals surface area contributed by atoms with Crippen LogP contribution in [0, 0.1) is 0 Å². The standard InChI is InChI=1S/C12H12ClNO2/c1-8(13)12(16)14-10-5-3-2-4-9(10)6-7-11(14)15/h2-5,8H,6-7H2,1H3. The molecule has 1 unspecified atom stereocenters. The topological polar surface area (TPSA) is 37.4 Å². The van der Waals surface area contributed by atoms with Gasteiger partial charge in [0.05, 0.1) is 5.69 Å². The average Bonchev–Trinajstić information content (AvgIpc) is 2.28. The first-order valence-corrected chi connectivity index (χ1v) is 5.63. The van der Waals surface area contributed by atoms with Gasteiger partial charge < -0.3 is 0 Å². The van der Waals surface area contributed by atoms with Gasteiger partial charge in [-0.2, -0.15) is 0 Å². The molecule has 0 N–H and O–H groups in total. The lowest BCUT2D eigenvalue weighted by atomic mass is 10.0. The van der Waals surface area contributed by atoms with Crippen molar-refractivity contribution in [2.75, 3.05) is 4.90 Å². The third-order valence-corrected chi connectivity index (χ3v) is 2.84. The first-order chi connectivity index (χ1) is 7.61. The number of carbonyl (C=O) groups excluding carboxylic acids is 2. The van der Waals surface area contributed by atoms with Crippen LogP contribution in [0.1, 0.15) is 18.9 Å². The number of aryl methyl sites for hydroxylation is 1. The fourth-order valence-corrected chi connectivity index (χ4v) is 1.95. The van der Waals surface area contributed by atoms with Gasteiger partial charge in [0.2, 0.25) is 5.91 Å². The minimum Gasteiger partial charge on any atom is -0.274 e. The van der Waals surface area contributed by atoms with Crippen LogP contribution in [0.3, 0.4) is 0 Å². The molecule has 1 aromatic carbocycles. The highest BCUT2D eigenvalue weighted by atomic mass is 35.5. The molecule has 1 aliphatic rings. The fraction of sp³-hybridized carbons (Fsp3) is 0.333. The molecule has 3 nitrogen and oxygen atoms in total. The van der Waals surface area contributed by atoms with Crippen LogP contribution in [-0.4, -0.2) is 17.2 Å². The first-order valence-electron chi connectivity index (χ1n) is 5.20. The molecule has 0 radical (unpaired) electrons. The molecule has 0 aliphatic carbocycles. The summed E-state index contributed by atoms with van der Waals surface area (Å²) in [6.07, 6.45) is 1.06. The molecule has 2 rings (SSSR count). The largest absolute Gasteiger partial charge is 0.274 e. The number of alkyl halides is 1. The summed E-state index contributed by atoms with van der Waals surface area (Å²) in [5, 5.41) is -0.685. The second-order valence-corrected chi connectivity index (χ2v) is 4.47. The molecular formula is C12H12ClNO2. The van der Waals surface area contributed by atoms with Gasteiger partial charge in [-0.3, -0.25) is 9.59 Å². The van der Waals surface area contributed by atoms with Crippen molar-refractivity contribution < 1.29 is 9.59 Å². The van der Waals surface area contributed by atoms with E-state index >= 15 is 0 Å². The Balaban J connectivity index is 2.45. The van der Waals surface area contributed by atoms with Crippen LogP contribution < -0.4 is 4.90 Å². The second kappa shape index (κ2) is 4.26. The monoisotopic (exact) mass is 237 g/mol. The summed E-state index contributed by atoms with van der Waals surface area (Å²) in [6, 6.07) is 7.43. The Morgan fingerprint density at radius 2 is 2.06 bits per heavy atom. The number of carbonyl (C=O) groups is 2. The van der Waals surface area contributed by atoms with Crippen molar-refractivity contribution in [3.63, 3.8) is 0 Å². The molecule has 16 heavy (non-hydrogen) atoms. The molecule has 0 spiro atoms. The van der Waals surface area contributed by atoms with Gasteiger partial charge in [0.25, 0.3) is 5.91 Å². The number of anilines is 1. The third kappa shape index (κ3) is 1.83. The summed E-state index contributed by atoms with van der Waals surface area (Å²) in [4.78, 5) is 24.8. The minimum absolute atomic E-state index is 0.170. The van der Waals surface area contributed by atoms with Gasteiger partial charge in [-0.05, 0) is 25.0 Å². The Bertz CT molecular complexity index is 442. The zero-order valence-electron chi connectivity index (χ0n) is 8.94. The van der Waals surface area contributed by atoms with Crippen molar-refractivity contribution in [2.24, 2.45) is 0 Å². The normalized spacial score (nSPS) is 16.9. The molecule has 0 fully saturated rings. The number of halogens is 1. The van der Waals surface area contributed by atoms with E-state index in [-0.39, 0.29) is 11.8 Å². The first kappa shape index (κ1) is 11.1. The Morgan fingerprint density at radius 1 is 1.38 bits per heavy atom. The number of imide groups is 1. The Labute approximate surface area is 99.0 Å². The molecular weight excluding hydrogens is 226 g/mol. The summed E-state index contributed by atoms with van der Waals surface area (Å²) < 4.78 is 0. The summed E-state index contributed by atoms with van der Waals surface area (Å²) >= 11 is 5.75. The quantitative estimate of drug-likeness (QED) is 0.702. The molecule has 0 saturated heterocycles. The van der Waals surface area contributed by atoms with E-state index < -0.39 is 5.38 Å². The summed E-state index contributed by atoms with van der Waals surface area (Å²) in [7, 11) is 0. The molecule has 84 valence electrons. The summed E-state index contributed by atoms with van der Waals surface area (Å²) in [6.45, 7) is 1.58. The number of hydrogen-bond donors (Lipinski definition) is 0. The number of benzene rings is 1. The third-order valence-electron chi connectivity index (χ3n) is 2.65. The van der Waals surface area contributed by atoms with E-state index in [4.69, 9.17) is 11.6 Å². The minimum atomic E-state index is -0.685. The number of nitrogens with zero attached hydrogens (tertiary/aromatic N) is 1.